The Morgan fingerprint density at radius 1 is 1.14 bits per heavy atom. The Kier molecular flexibility index (Phi) is 4.61. The second-order valence-corrected chi connectivity index (χ2v) is 6.32. The Balaban J connectivity index is 1.87. The number of benzene rings is 2. The second kappa shape index (κ2) is 7.23. The lowest BCUT2D eigenvalue weighted by Crippen LogP contribution is -2.09. The number of hydrogen-bond acceptors (Lipinski definition) is 4. The molecule has 0 spiro atoms. The Morgan fingerprint density at radius 2 is 2.00 bits per heavy atom. The normalized spacial score (nSPS) is 11.0. The molecule has 2 aromatic heterocycles. The zero-order valence-corrected chi connectivity index (χ0v) is 15.4. The minimum atomic E-state index is -0.698. The lowest BCUT2D eigenvalue weighted by molar-refractivity contribution is 0.0595. The molecule has 4 aromatic rings. The van der Waals surface area contributed by atoms with E-state index < -0.39 is 11.8 Å². The van der Waals surface area contributed by atoms with E-state index in [1.54, 1.807) is 31.8 Å². The van der Waals surface area contributed by atoms with Crippen LogP contribution in [-0.2, 0) is 11.3 Å². The molecule has 2 heterocycles. The molecule has 6 heteroatoms. The summed E-state index contributed by atoms with van der Waals surface area (Å²) >= 11 is 0. The molecule has 0 atom stereocenters. The molecule has 2 aromatic carbocycles. The van der Waals surface area contributed by atoms with Gasteiger partial charge in [-0.15, -0.1) is 0 Å². The molecule has 0 aliphatic heterocycles. The number of carbonyl (C=O) groups is 1. The number of halogens is 1. The topological polar surface area (TPSA) is 53.6 Å². The van der Waals surface area contributed by atoms with Crippen molar-refractivity contribution in [1.29, 1.82) is 0 Å². The number of fused-ring (bicyclic) bond motifs is 1. The smallest absolute Gasteiger partial charge is 0.340 e. The SMILES string of the molecule is COC(=O)c1cccc(Cn2c(-c3ccoc3)cc3cc(OC)ccc32)c1F. The molecule has 0 radical (unpaired) electrons. The van der Waals surface area contributed by atoms with E-state index in [4.69, 9.17) is 9.15 Å². The van der Waals surface area contributed by atoms with Gasteiger partial charge in [-0.1, -0.05) is 12.1 Å². The summed E-state index contributed by atoms with van der Waals surface area (Å²) in [6.45, 7) is 0.243. The van der Waals surface area contributed by atoms with Crippen LogP contribution in [0.25, 0.3) is 22.2 Å². The highest BCUT2D eigenvalue weighted by Crippen LogP contribution is 2.32. The van der Waals surface area contributed by atoms with Gasteiger partial charge in [0, 0.05) is 22.0 Å². The molecule has 142 valence electrons. The van der Waals surface area contributed by atoms with Crippen LogP contribution >= 0.6 is 0 Å². The van der Waals surface area contributed by atoms with Crippen molar-refractivity contribution < 1.29 is 23.1 Å². The van der Waals surface area contributed by atoms with E-state index in [0.29, 0.717) is 5.56 Å². The van der Waals surface area contributed by atoms with Crippen LogP contribution in [0.15, 0.2) is 65.5 Å². The van der Waals surface area contributed by atoms with Crippen LogP contribution in [-0.4, -0.2) is 24.8 Å². The second-order valence-electron chi connectivity index (χ2n) is 6.32. The Hall–Kier alpha value is -3.54. The minimum Gasteiger partial charge on any atom is -0.497 e. The molecule has 0 bridgehead atoms. The molecule has 0 aliphatic rings. The molecular formula is C22H18FNO4. The van der Waals surface area contributed by atoms with Gasteiger partial charge in [0.25, 0.3) is 0 Å². The van der Waals surface area contributed by atoms with E-state index in [1.807, 2.05) is 34.9 Å². The van der Waals surface area contributed by atoms with Crippen LogP contribution in [0, 0.1) is 5.82 Å². The number of aromatic nitrogens is 1. The van der Waals surface area contributed by atoms with Crippen molar-refractivity contribution in [3.8, 4) is 17.0 Å². The number of ether oxygens (including phenoxy) is 2. The van der Waals surface area contributed by atoms with Crippen LogP contribution in [0.4, 0.5) is 4.39 Å². The Labute approximate surface area is 160 Å². The van der Waals surface area contributed by atoms with Crippen LogP contribution in [0.3, 0.4) is 0 Å². The number of hydrogen-bond donors (Lipinski definition) is 0. The molecular weight excluding hydrogens is 361 g/mol. The summed E-state index contributed by atoms with van der Waals surface area (Å²) in [5, 5.41) is 0.958. The first kappa shape index (κ1) is 17.9. The lowest BCUT2D eigenvalue weighted by Gasteiger charge is -2.12. The minimum absolute atomic E-state index is 0.0806. The van der Waals surface area contributed by atoms with Gasteiger partial charge in [0.2, 0.25) is 0 Å². The largest absolute Gasteiger partial charge is 0.497 e. The van der Waals surface area contributed by atoms with Crippen molar-refractivity contribution in [3.05, 3.63) is 78.0 Å². The third-order valence-electron chi connectivity index (χ3n) is 4.74. The third-order valence-corrected chi connectivity index (χ3v) is 4.74. The van der Waals surface area contributed by atoms with E-state index in [1.165, 1.54) is 13.2 Å². The monoisotopic (exact) mass is 379 g/mol. The lowest BCUT2D eigenvalue weighted by atomic mass is 10.1. The predicted molar refractivity (Wildman–Crippen MR) is 103 cm³/mol. The van der Waals surface area contributed by atoms with Crippen molar-refractivity contribution in [1.82, 2.24) is 4.57 Å². The van der Waals surface area contributed by atoms with Gasteiger partial charge in [-0.2, -0.15) is 0 Å². The molecule has 0 N–H and O–H groups in total. The van der Waals surface area contributed by atoms with Gasteiger partial charge in [0.1, 0.15) is 11.6 Å². The van der Waals surface area contributed by atoms with Gasteiger partial charge in [0.05, 0.1) is 44.5 Å². The van der Waals surface area contributed by atoms with Crippen molar-refractivity contribution in [2.24, 2.45) is 0 Å². The first-order chi connectivity index (χ1) is 13.6. The maximum Gasteiger partial charge on any atom is 0.340 e. The van der Waals surface area contributed by atoms with Gasteiger partial charge < -0.3 is 18.5 Å². The first-order valence-electron chi connectivity index (χ1n) is 8.68. The molecule has 0 saturated carbocycles. The van der Waals surface area contributed by atoms with Crippen molar-refractivity contribution in [2.75, 3.05) is 14.2 Å². The maximum atomic E-state index is 14.9. The molecule has 0 fully saturated rings. The van der Waals surface area contributed by atoms with E-state index >= 15 is 0 Å². The molecule has 0 amide bonds. The summed E-state index contributed by atoms with van der Waals surface area (Å²) in [6.07, 6.45) is 3.24. The summed E-state index contributed by atoms with van der Waals surface area (Å²) in [6, 6.07) is 14.3. The maximum absolute atomic E-state index is 14.9. The summed E-state index contributed by atoms with van der Waals surface area (Å²) in [7, 11) is 2.85. The van der Waals surface area contributed by atoms with Crippen LogP contribution < -0.4 is 4.74 Å². The predicted octanol–water partition coefficient (Wildman–Crippen LogP) is 4.88. The van der Waals surface area contributed by atoms with Gasteiger partial charge in [-0.05, 0) is 36.4 Å². The number of nitrogens with zero attached hydrogens (tertiary/aromatic N) is 1. The molecule has 5 nitrogen and oxygen atoms in total. The molecule has 28 heavy (non-hydrogen) atoms. The van der Waals surface area contributed by atoms with Crippen LogP contribution in [0.1, 0.15) is 15.9 Å². The van der Waals surface area contributed by atoms with Gasteiger partial charge in [-0.3, -0.25) is 0 Å². The fourth-order valence-corrected chi connectivity index (χ4v) is 3.34. The summed E-state index contributed by atoms with van der Waals surface area (Å²) in [4.78, 5) is 11.8. The number of rotatable bonds is 5. The van der Waals surface area contributed by atoms with Crippen molar-refractivity contribution in [3.63, 3.8) is 0 Å². The van der Waals surface area contributed by atoms with Gasteiger partial charge in [0.15, 0.2) is 0 Å². The van der Waals surface area contributed by atoms with E-state index in [2.05, 4.69) is 4.74 Å². The Morgan fingerprint density at radius 3 is 2.71 bits per heavy atom. The number of carbonyl (C=O) groups excluding carboxylic acids is 1. The summed E-state index contributed by atoms with van der Waals surface area (Å²) in [5.74, 6) is -0.540. The number of methoxy groups -OCH3 is 2. The standard InChI is InChI=1S/C22H18FNO4/c1-26-17-6-7-19-16(10-17)11-20(15-8-9-28-13-15)24(19)12-14-4-3-5-18(21(14)23)22(25)27-2/h3-11,13H,12H2,1-2H3. The highest BCUT2D eigenvalue weighted by Gasteiger charge is 2.18. The summed E-state index contributed by atoms with van der Waals surface area (Å²) in [5.41, 5.74) is 2.98. The molecule has 0 unspecified atom stereocenters. The fraction of sp³-hybridized carbons (Fsp3) is 0.136. The quantitative estimate of drug-likeness (QED) is 0.464. The van der Waals surface area contributed by atoms with Crippen molar-refractivity contribution in [2.45, 2.75) is 6.54 Å². The highest BCUT2D eigenvalue weighted by atomic mass is 19.1. The van der Waals surface area contributed by atoms with Gasteiger partial charge in [-0.25, -0.2) is 9.18 Å². The average Bonchev–Trinajstić information content (AvgIpc) is 3.36. The van der Waals surface area contributed by atoms with Crippen molar-refractivity contribution >= 4 is 16.9 Å². The van der Waals surface area contributed by atoms with E-state index in [9.17, 15) is 9.18 Å². The van der Waals surface area contributed by atoms with E-state index in [0.717, 1.165) is 27.9 Å². The third kappa shape index (κ3) is 3.03. The fourth-order valence-electron chi connectivity index (χ4n) is 3.34. The zero-order valence-electron chi connectivity index (χ0n) is 15.4. The van der Waals surface area contributed by atoms with E-state index in [-0.39, 0.29) is 12.1 Å². The van der Waals surface area contributed by atoms with Gasteiger partial charge >= 0.3 is 5.97 Å². The average molecular weight is 379 g/mol. The summed E-state index contributed by atoms with van der Waals surface area (Å²) < 4.78 is 32.1. The first-order valence-corrected chi connectivity index (χ1v) is 8.68. The molecule has 0 saturated heterocycles. The highest BCUT2D eigenvalue weighted by molar-refractivity contribution is 5.90. The Bertz CT molecular complexity index is 1150. The number of furan rings is 1. The zero-order chi connectivity index (χ0) is 19.7. The molecule has 4 rings (SSSR count). The van der Waals surface area contributed by atoms with Crippen LogP contribution in [0.5, 0.6) is 5.75 Å². The number of esters is 1. The molecule has 0 aliphatic carbocycles. The van der Waals surface area contributed by atoms with Crippen LogP contribution in [0.2, 0.25) is 0 Å².